The zero-order valence-electron chi connectivity index (χ0n) is 5.83. The fourth-order valence-corrected chi connectivity index (χ4v) is 4.97. The summed E-state index contributed by atoms with van der Waals surface area (Å²) < 4.78 is 26.8. The molecule has 0 unspecified atom stereocenters. The first kappa shape index (κ1) is 9.95. The molecule has 0 aromatic heterocycles. The molecule has 0 aromatic carbocycles. The molecule has 66 valence electrons. The lowest BCUT2D eigenvalue weighted by atomic mass is 10.3. The molecule has 3 nitrogen and oxygen atoms in total. The molecular formula is C5H8Br2O3S. The van der Waals surface area contributed by atoms with E-state index in [4.69, 9.17) is 4.74 Å². The second-order valence-corrected chi connectivity index (χ2v) is 7.22. The van der Waals surface area contributed by atoms with Crippen LogP contribution < -0.4 is 0 Å². The normalized spacial score (nSPS) is 42.6. The van der Waals surface area contributed by atoms with Crippen molar-refractivity contribution in [2.75, 3.05) is 12.9 Å². The summed E-state index contributed by atoms with van der Waals surface area (Å²) in [7, 11) is -1.48. The van der Waals surface area contributed by atoms with Gasteiger partial charge in [-0.05, 0) is 0 Å². The van der Waals surface area contributed by atoms with Crippen LogP contribution in [-0.2, 0) is 14.6 Å². The largest absolute Gasteiger partial charge is 0.379 e. The van der Waals surface area contributed by atoms with Crippen LogP contribution in [0.2, 0.25) is 0 Å². The van der Waals surface area contributed by atoms with Gasteiger partial charge < -0.3 is 4.74 Å². The van der Waals surface area contributed by atoms with Crippen molar-refractivity contribution in [1.29, 1.82) is 0 Å². The zero-order chi connectivity index (χ0) is 8.65. The molecular weight excluding hydrogens is 300 g/mol. The molecule has 0 radical (unpaired) electrons. The van der Waals surface area contributed by atoms with E-state index < -0.39 is 14.0 Å². The van der Waals surface area contributed by atoms with Crippen LogP contribution in [0.5, 0.6) is 0 Å². The summed E-state index contributed by atoms with van der Waals surface area (Å²) in [4.78, 5) is -0.141. The van der Waals surface area contributed by atoms with Gasteiger partial charge in [0.25, 0.3) is 0 Å². The van der Waals surface area contributed by atoms with Crippen LogP contribution >= 0.6 is 31.9 Å². The van der Waals surface area contributed by atoms with Crippen LogP contribution in [0.4, 0.5) is 0 Å². The lowest BCUT2D eigenvalue weighted by molar-refractivity contribution is 0.129. The van der Waals surface area contributed by atoms with E-state index in [9.17, 15) is 8.42 Å². The monoisotopic (exact) mass is 306 g/mol. The van der Waals surface area contributed by atoms with Gasteiger partial charge in [-0.15, -0.1) is 0 Å². The maximum absolute atomic E-state index is 11.2. The molecule has 1 aliphatic heterocycles. The second-order valence-electron chi connectivity index (χ2n) is 2.40. The second kappa shape index (κ2) is 3.32. The molecule has 0 bridgehead atoms. The summed E-state index contributed by atoms with van der Waals surface area (Å²) >= 11 is 6.35. The van der Waals surface area contributed by atoms with Gasteiger partial charge in [0.1, 0.15) is 4.16 Å². The molecule has 1 rings (SSSR count). The first-order valence-corrected chi connectivity index (χ1v) is 6.56. The van der Waals surface area contributed by atoms with Crippen molar-refractivity contribution in [3.05, 3.63) is 0 Å². The number of hydrogen-bond donors (Lipinski definition) is 0. The van der Waals surface area contributed by atoms with Gasteiger partial charge in [-0.1, -0.05) is 31.9 Å². The third-order valence-corrected chi connectivity index (χ3v) is 7.88. The van der Waals surface area contributed by atoms with Crippen molar-refractivity contribution in [2.45, 2.75) is 15.1 Å². The summed E-state index contributed by atoms with van der Waals surface area (Å²) in [6, 6.07) is 0. The van der Waals surface area contributed by atoms with Gasteiger partial charge in [-0.2, -0.15) is 0 Å². The molecule has 6 heteroatoms. The molecule has 0 aliphatic carbocycles. The first-order valence-electron chi connectivity index (χ1n) is 3.01. The van der Waals surface area contributed by atoms with E-state index in [0.717, 1.165) is 0 Å². The van der Waals surface area contributed by atoms with E-state index in [1.54, 1.807) is 0 Å². The Morgan fingerprint density at radius 2 is 2.00 bits per heavy atom. The minimum atomic E-state index is -2.99. The van der Waals surface area contributed by atoms with E-state index >= 15 is 0 Å². The highest BCUT2D eigenvalue weighted by atomic mass is 79.9. The highest BCUT2D eigenvalue weighted by Crippen LogP contribution is 2.32. The standard InChI is InChI=1S/C5H8Br2O3S/c1-10-3-2-11(8,9)5(7)4(3)6/h3-5H,2H2,1H3/t3-,4+,5+/m0/s1. The van der Waals surface area contributed by atoms with Crippen molar-refractivity contribution in [3.63, 3.8) is 0 Å². The lowest BCUT2D eigenvalue weighted by Crippen LogP contribution is -2.22. The predicted molar refractivity (Wildman–Crippen MR) is 50.0 cm³/mol. The summed E-state index contributed by atoms with van der Waals surface area (Å²) in [5.41, 5.74) is 0. The van der Waals surface area contributed by atoms with Gasteiger partial charge in [0.15, 0.2) is 9.84 Å². The van der Waals surface area contributed by atoms with E-state index in [0.29, 0.717) is 0 Å². The Labute approximate surface area is 82.7 Å². The van der Waals surface area contributed by atoms with Crippen molar-refractivity contribution >= 4 is 41.7 Å². The Morgan fingerprint density at radius 3 is 2.18 bits per heavy atom. The maximum Gasteiger partial charge on any atom is 0.166 e. The zero-order valence-corrected chi connectivity index (χ0v) is 9.82. The van der Waals surface area contributed by atoms with Gasteiger partial charge in [0, 0.05) is 7.11 Å². The number of rotatable bonds is 1. The van der Waals surface area contributed by atoms with Crippen molar-refractivity contribution in [3.8, 4) is 0 Å². The van der Waals surface area contributed by atoms with Crippen LogP contribution in [0.15, 0.2) is 0 Å². The topological polar surface area (TPSA) is 43.4 Å². The Kier molecular flexibility index (Phi) is 3.00. The summed E-state index contributed by atoms with van der Waals surface area (Å²) in [6.07, 6.45) is -0.232. The van der Waals surface area contributed by atoms with Crippen molar-refractivity contribution < 1.29 is 13.2 Å². The van der Waals surface area contributed by atoms with E-state index in [1.165, 1.54) is 7.11 Å². The molecule has 0 aromatic rings. The number of hydrogen-bond acceptors (Lipinski definition) is 3. The molecule has 0 N–H and O–H groups in total. The van der Waals surface area contributed by atoms with Crippen LogP contribution in [-0.4, -0.2) is 36.4 Å². The molecule has 3 atom stereocenters. The minimum Gasteiger partial charge on any atom is -0.379 e. The number of methoxy groups -OCH3 is 1. The van der Waals surface area contributed by atoms with Gasteiger partial charge in [-0.25, -0.2) is 8.42 Å². The molecule has 1 saturated heterocycles. The Bertz CT molecular complexity index is 238. The van der Waals surface area contributed by atoms with Crippen LogP contribution in [0.25, 0.3) is 0 Å². The minimum absolute atomic E-state index is 0.0926. The average Bonchev–Trinajstić information content (AvgIpc) is 2.13. The maximum atomic E-state index is 11.2. The van der Waals surface area contributed by atoms with E-state index in [1.807, 2.05) is 0 Å². The quantitative estimate of drug-likeness (QED) is 0.677. The Balaban J connectivity index is 2.86. The summed E-state index contributed by atoms with van der Waals surface area (Å²) in [5.74, 6) is 0.0926. The van der Waals surface area contributed by atoms with Gasteiger partial charge >= 0.3 is 0 Å². The third kappa shape index (κ3) is 1.79. The van der Waals surface area contributed by atoms with Crippen molar-refractivity contribution in [1.82, 2.24) is 0 Å². The molecule has 0 saturated carbocycles. The number of halogens is 2. The van der Waals surface area contributed by atoms with Gasteiger partial charge in [0.05, 0.1) is 16.7 Å². The van der Waals surface area contributed by atoms with E-state index in [-0.39, 0.29) is 16.7 Å². The lowest BCUT2D eigenvalue weighted by Gasteiger charge is -2.10. The number of sulfone groups is 1. The highest BCUT2D eigenvalue weighted by Gasteiger charge is 2.44. The average molecular weight is 308 g/mol. The fraction of sp³-hybridized carbons (Fsp3) is 1.00. The highest BCUT2D eigenvalue weighted by molar-refractivity contribution is 9.13. The predicted octanol–water partition coefficient (Wildman–Crippen LogP) is 0.914. The van der Waals surface area contributed by atoms with Crippen LogP contribution in [0, 0.1) is 0 Å². The Morgan fingerprint density at radius 1 is 1.45 bits per heavy atom. The van der Waals surface area contributed by atoms with E-state index in [2.05, 4.69) is 31.9 Å². The van der Waals surface area contributed by atoms with Crippen LogP contribution in [0.3, 0.4) is 0 Å². The fourth-order valence-electron chi connectivity index (χ4n) is 0.978. The molecule has 0 spiro atoms. The smallest absolute Gasteiger partial charge is 0.166 e. The summed E-state index contributed by atoms with van der Waals surface area (Å²) in [5, 5.41) is 0. The van der Waals surface area contributed by atoms with Gasteiger partial charge in [0.2, 0.25) is 0 Å². The molecule has 0 amide bonds. The first-order chi connectivity index (χ1) is 4.99. The third-order valence-electron chi connectivity index (χ3n) is 1.65. The van der Waals surface area contributed by atoms with Gasteiger partial charge in [-0.3, -0.25) is 0 Å². The molecule has 1 fully saturated rings. The number of alkyl halides is 2. The molecule has 11 heavy (non-hydrogen) atoms. The van der Waals surface area contributed by atoms with Crippen LogP contribution in [0.1, 0.15) is 0 Å². The summed E-state index contributed by atoms with van der Waals surface area (Å²) in [6.45, 7) is 0. The number of ether oxygens (including phenoxy) is 1. The Hall–Kier alpha value is 0.870. The molecule has 1 heterocycles. The SMILES string of the molecule is CO[C@H]1CS(=O)(=O)[C@@H](Br)[C@@H]1Br. The molecule has 1 aliphatic rings. The van der Waals surface area contributed by atoms with Crippen molar-refractivity contribution in [2.24, 2.45) is 0 Å².